The Morgan fingerprint density at radius 2 is 2.08 bits per heavy atom. The molecule has 2 aromatic rings. The fourth-order valence-corrected chi connectivity index (χ4v) is 2.89. The highest BCUT2D eigenvalue weighted by Gasteiger charge is 2.11. The molecule has 0 fully saturated rings. The molecule has 0 bridgehead atoms. The van der Waals surface area contributed by atoms with Gasteiger partial charge < -0.3 is 15.2 Å². The molecule has 1 amide bonds. The van der Waals surface area contributed by atoms with Crippen molar-refractivity contribution in [2.75, 3.05) is 6.54 Å². The number of aliphatic carboxylic acids is 1. The van der Waals surface area contributed by atoms with E-state index in [2.05, 4.69) is 10.3 Å². The number of nitrogens with one attached hydrogen (secondary N) is 1. The number of carboxylic acids is 1. The van der Waals surface area contributed by atoms with Crippen molar-refractivity contribution in [3.63, 3.8) is 0 Å². The quantitative estimate of drug-likeness (QED) is 0.695. The van der Waals surface area contributed by atoms with E-state index in [1.165, 1.54) is 11.3 Å². The van der Waals surface area contributed by atoms with E-state index in [0.717, 1.165) is 5.01 Å². The number of halogens is 1. The first-order chi connectivity index (χ1) is 11.9. The Bertz CT molecular complexity index is 718. The Morgan fingerprint density at radius 1 is 1.36 bits per heavy atom. The minimum atomic E-state index is -0.869. The zero-order valence-electron chi connectivity index (χ0n) is 13.7. The summed E-state index contributed by atoms with van der Waals surface area (Å²) in [7, 11) is 0. The van der Waals surface area contributed by atoms with Gasteiger partial charge in [0.25, 0.3) is 0 Å². The van der Waals surface area contributed by atoms with Gasteiger partial charge in [0, 0.05) is 23.4 Å². The number of benzene rings is 1. The van der Waals surface area contributed by atoms with Crippen LogP contribution in [0.4, 0.5) is 0 Å². The van der Waals surface area contributed by atoms with Crippen molar-refractivity contribution in [1.29, 1.82) is 0 Å². The lowest BCUT2D eigenvalue weighted by atomic mass is 10.1. The molecule has 0 spiro atoms. The molecule has 1 aromatic carbocycles. The average Bonchev–Trinajstić information content (AvgIpc) is 2.99. The average molecular weight is 383 g/mol. The topological polar surface area (TPSA) is 88.5 Å². The summed E-state index contributed by atoms with van der Waals surface area (Å²) in [6.45, 7) is 2.44. The number of nitrogens with zero attached hydrogens (tertiary/aromatic N) is 1. The van der Waals surface area contributed by atoms with Crippen LogP contribution in [0, 0.1) is 5.92 Å². The third-order valence-corrected chi connectivity index (χ3v) is 4.41. The first kappa shape index (κ1) is 19.2. The monoisotopic (exact) mass is 382 g/mol. The predicted molar refractivity (Wildman–Crippen MR) is 96.0 cm³/mol. The minimum Gasteiger partial charge on any atom is -0.486 e. The maximum absolute atomic E-state index is 11.9. The van der Waals surface area contributed by atoms with Gasteiger partial charge in [-0.25, -0.2) is 4.98 Å². The van der Waals surface area contributed by atoms with E-state index in [9.17, 15) is 9.59 Å². The largest absolute Gasteiger partial charge is 0.486 e. The molecule has 0 saturated heterocycles. The highest BCUT2D eigenvalue weighted by Crippen LogP contribution is 2.18. The molecule has 8 heteroatoms. The van der Waals surface area contributed by atoms with Gasteiger partial charge in [0.05, 0.1) is 12.1 Å². The van der Waals surface area contributed by atoms with Gasteiger partial charge in [-0.15, -0.1) is 11.3 Å². The summed E-state index contributed by atoms with van der Waals surface area (Å²) in [5, 5.41) is 14.7. The Hall–Kier alpha value is -2.12. The van der Waals surface area contributed by atoms with E-state index in [1.807, 2.05) is 5.38 Å². The van der Waals surface area contributed by atoms with Crippen molar-refractivity contribution < 1.29 is 19.4 Å². The summed E-state index contributed by atoms with van der Waals surface area (Å²) < 4.78 is 5.61. The van der Waals surface area contributed by atoms with Gasteiger partial charge in [0.1, 0.15) is 17.4 Å². The van der Waals surface area contributed by atoms with Gasteiger partial charge in [-0.05, 0) is 30.2 Å². The Morgan fingerprint density at radius 3 is 2.76 bits per heavy atom. The summed E-state index contributed by atoms with van der Waals surface area (Å²) in [6.07, 6.45) is 0.195. The second-order valence-electron chi connectivity index (χ2n) is 5.66. The lowest BCUT2D eigenvalue weighted by molar-refractivity contribution is -0.138. The van der Waals surface area contributed by atoms with Gasteiger partial charge in [-0.3, -0.25) is 9.59 Å². The van der Waals surface area contributed by atoms with Crippen molar-refractivity contribution in [1.82, 2.24) is 10.3 Å². The highest BCUT2D eigenvalue weighted by molar-refractivity contribution is 7.09. The molecule has 0 radical (unpaired) electrons. The Kier molecular flexibility index (Phi) is 7.21. The smallest absolute Gasteiger partial charge is 0.303 e. The van der Waals surface area contributed by atoms with Gasteiger partial charge >= 0.3 is 5.97 Å². The van der Waals surface area contributed by atoms with Crippen LogP contribution < -0.4 is 10.1 Å². The van der Waals surface area contributed by atoms with Crippen molar-refractivity contribution >= 4 is 34.8 Å². The van der Waals surface area contributed by atoms with Crippen LogP contribution in [0.5, 0.6) is 5.75 Å². The fraction of sp³-hybridized carbons (Fsp3) is 0.353. The van der Waals surface area contributed by atoms with Crippen LogP contribution in [0.3, 0.4) is 0 Å². The van der Waals surface area contributed by atoms with Crippen LogP contribution in [0.1, 0.15) is 24.0 Å². The first-order valence-corrected chi connectivity index (χ1v) is 8.98. The molecule has 0 saturated carbocycles. The molecule has 2 N–H and O–H groups in total. The van der Waals surface area contributed by atoms with Gasteiger partial charge in [-0.1, -0.05) is 18.5 Å². The fourth-order valence-electron chi connectivity index (χ4n) is 2.06. The van der Waals surface area contributed by atoms with Gasteiger partial charge in [0.2, 0.25) is 5.91 Å². The van der Waals surface area contributed by atoms with Crippen LogP contribution in [0.15, 0.2) is 29.6 Å². The molecule has 0 aliphatic heterocycles. The second-order valence-corrected chi connectivity index (χ2v) is 7.04. The highest BCUT2D eigenvalue weighted by atomic mass is 35.5. The standard InChI is InChI=1S/C17H19ClN2O4S/c1-11(6-17(22)23)8-19-15(21)7-13-10-25-16(20-13)9-24-14-4-2-12(18)3-5-14/h2-5,10-11H,6-9H2,1H3,(H,19,21)(H,22,23). The van der Waals surface area contributed by atoms with Gasteiger partial charge in [0.15, 0.2) is 0 Å². The summed E-state index contributed by atoms with van der Waals surface area (Å²) in [4.78, 5) is 26.8. The van der Waals surface area contributed by atoms with Crippen LogP contribution >= 0.6 is 22.9 Å². The number of hydrogen-bond donors (Lipinski definition) is 2. The molecular formula is C17H19ClN2O4S. The zero-order chi connectivity index (χ0) is 18.2. The number of ether oxygens (including phenoxy) is 1. The SMILES string of the molecule is CC(CNC(=O)Cc1csc(COc2ccc(Cl)cc2)n1)CC(=O)O. The Labute approximate surface area is 154 Å². The van der Waals surface area contributed by atoms with Crippen molar-refractivity contribution in [2.24, 2.45) is 5.92 Å². The number of aromatic nitrogens is 1. The maximum atomic E-state index is 11.9. The zero-order valence-corrected chi connectivity index (χ0v) is 15.3. The minimum absolute atomic E-state index is 0.0309. The molecule has 6 nitrogen and oxygen atoms in total. The first-order valence-electron chi connectivity index (χ1n) is 7.72. The van der Waals surface area contributed by atoms with E-state index < -0.39 is 5.97 Å². The molecule has 1 heterocycles. The number of hydrogen-bond acceptors (Lipinski definition) is 5. The lowest BCUT2D eigenvalue weighted by Gasteiger charge is -2.09. The van der Waals surface area contributed by atoms with Gasteiger partial charge in [-0.2, -0.15) is 0 Å². The molecule has 25 heavy (non-hydrogen) atoms. The Balaban J connectivity index is 1.75. The van der Waals surface area contributed by atoms with E-state index in [0.29, 0.717) is 29.6 Å². The van der Waals surface area contributed by atoms with Crippen molar-refractivity contribution in [2.45, 2.75) is 26.4 Å². The maximum Gasteiger partial charge on any atom is 0.303 e. The lowest BCUT2D eigenvalue weighted by Crippen LogP contribution is -2.30. The summed E-state index contributed by atoms with van der Waals surface area (Å²) in [5.74, 6) is -0.453. The molecule has 0 aliphatic carbocycles. The van der Waals surface area contributed by atoms with E-state index in [-0.39, 0.29) is 24.7 Å². The number of carbonyl (C=O) groups excluding carboxylic acids is 1. The number of amides is 1. The predicted octanol–water partition coefficient (Wildman–Crippen LogP) is 3.15. The van der Waals surface area contributed by atoms with E-state index in [1.54, 1.807) is 31.2 Å². The number of thiazole rings is 1. The van der Waals surface area contributed by atoms with Crippen molar-refractivity contribution in [3.05, 3.63) is 45.4 Å². The summed E-state index contributed by atoms with van der Waals surface area (Å²) >= 11 is 7.24. The normalized spacial score (nSPS) is 11.8. The second kappa shape index (κ2) is 9.39. The van der Waals surface area contributed by atoms with E-state index in [4.69, 9.17) is 21.4 Å². The third kappa shape index (κ3) is 7.11. The molecule has 1 atom stereocenters. The molecule has 134 valence electrons. The van der Waals surface area contributed by atoms with Crippen LogP contribution in [-0.2, 0) is 22.6 Å². The number of rotatable bonds is 9. The van der Waals surface area contributed by atoms with Crippen LogP contribution in [-0.4, -0.2) is 28.5 Å². The van der Waals surface area contributed by atoms with Crippen molar-refractivity contribution in [3.8, 4) is 5.75 Å². The molecule has 2 rings (SSSR count). The summed E-state index contributed by atoms with van der Waals surface area (Å²) in [6, 6.07) is 7.06. The van der Waals surface area contributed by atoms with Crippen LogP contribution in [0.2, 0.25) is 5.02 Å². The molecule has 1 aromatic heterocycles. The molecule has 1 unspecified atom stereocenters. The number of carboxylic acid groups (broad SMARTS) is 1. The summed E-state index contributed by atoms with van der Waals surface area (Å²) in [5.41, 5.74) is 0.670. The third-order valence-electron chi connectivity index (χ3n) is 3.29. The molecule has 0 aliphatic rings. The number of carbonyl (C=O) groups is 2. The van der Waals surface area contributed by atoms with E-state index >= 15 is 0 Å². The van der Waals surface area contributed by atoms with Crippen LogP contribution in [0.25, 0.3) is 0 Å². The molecular weight excluding hydrogens is 364 g/mol.